The molecule has 1 amide bonds. The summed E-state index contributed by atoms with van der Waals surface area (Å²) in [5.41, 5.74) is 8.87. The number of nitrogens with two attached hydrogens (primary N) is 1. The Hall–Kier alpha value is -2.12. The van der Waals surface area contributed by atoms with E-state index in [9.17, 15) is 9.90 Å². The number of phenols is 1. The molecule has 0 fully saturated rings. The number of hydrazone groups is 1. The van der Waals surface area contributed by atoms with Crippen molar-refractivity contribution in [1.82, 2.24) is 10.7 Å². The summed E-state index contributed by atoms with van der Waals surface area (Å²) in [6, 6.07) is 4.60. The SMILES string of the molecule is CCOCCNCC(=O)N/N=C/c1cc(N)ccc1O. The summed E-state index contributed by atoms with van der Waals surface area (Å²) in [7, 11) is 0. The number of ether oxygens (including phenoxy) is 1. The number of carbonyl (C=O) groups excluding carboxylic acids is 1. The van der Waals surface area contributed by atoms with E-state index in [4.69, 9.17) is 10.5 Å². The molecule has 1 aromatic carbocycles. The molecule has 0 radical (unpaired) electrons. The Kier molecular flexibility index (Phi) is 7.08. The van der Waals surface area contributed by atoms with Crippen LogP contribution in [0.4, 0.5) is 5.69 Å². The molecule has 0 atom stereocenters. The minimum atomic E-state index is -0.277. The first-order chi connectivity index (χ1) is 9.63. The minimum Gasteiger partial charge on any atom is -0.507 e. The number of rotatable bonds is 8. The topological polar surface area (TPSA) is 109 Å². The molecular formula is C13H20N4O3. The average Bonchev–Trinajstić information content (AvgIpc) is 2.42. The van der Waals surface area contributed by atoms with Crippen LogP contribution in [0.25, 0.3) is 0 Å². The fourth-order valence-electron chi connectivity index (χ4n) is 1.38. The second kappa shape index (κ2) is 8.89. The quantitative estimate of drug-likeness (QED) is 0.177. The molecule has 0 spiro atoms. The lowest BCUT2D eigenvalue weighted by Crippen LogP contribution is -2.32. The zero-order valence-corrected chi connectivity index (χ0v) is 11.4. The highest BCUT2D eigenvalue weighted by Crippen LogP contribution is 2.17. The van der Waals surface area contributed by atoms with Gasteiger partial charge in [-0.25, -0.2) is 5.43 Å². The van der Waals surface area contributed by atoms with Gasteiger partial charge >= 0.3 is 0 Å². The maximum absolute atomic E-state index is 11.4. The minimum absolute atomic E-state index is 0.0482. The summed E-state index contributed by atoms with van der Waals surface area (Å²) >= 11 is 0. The van der Waals surface area contributed by atoms with Crippen LogP contribution in [0.5, 0.6) is 5.75 Å². The largest absolute Gasteiger partial charge is 0.507 e. The molecule has 1 aromatic rings. The molecule has 0 aliphatic rings. The first kappa shape index (κ1) is 15.9. The Bertz CT molecular complexity index is 463. The summed E-state index contributed by atoms with van der Waals surface area (Å²) in [5.74, 6) is -0.229. The summed E-state index contributed by atoms with van der Waals surface area (Å²) in [6.07, 6.45) is 1.34. The van der Waals surface area contributed by atoms with Crippen LogP contribution in [0.15, 0.2) is 23.3 Å². The monoisotopic (exact) mass is 280 g/mol. The number of hydrogen-bond donors (Lipinski definition) is 4. The number of carbonyl (C=O) groups is 1. The molecular weight excluding hydrogens is 260 g/mol. The molecule has 0 unspecified atom stereocenters. The molecule has 0 bridgehead atoms. The van der Waals surface area contributed by atoms with Crippen LogP contribution in [-0.4, -0.2) is 43.5 Å². The Balaban J connectivity index is 2.29. The number of anilines is 1. The number of benzene rings is 1. The normalized spacial score (nSPS) is 10.8. The number of hydrogen-bond acceptors (Lipinski definition) is 6. The standard InChI is InChI=1S/C13H20N4O3/c1-2-20-6-5-15-9-13(19)17-16-8-10-7-11(14)3-4-12(10)18/h3-4,7-8,15,18H,2,5-6,9,14H2,1H3,(H,17,19)/b16-8+. The fourth-order valence-corrected chi connectivity index (χ4v) is 1.38. The Morgan fingerprint density at radius 1 is 1.55 bits per heavy atom. The maximum atomic E-state index is 11.4. The summed E-state index contributed by atoms with van der Waals surface area (Å²) in [5, 5.41) is 16.2. The molecule has 0 aliphatic heterocycles. The van der Waals surface area contributed by atoms with E-state index in [-0.39, 0.29) is 18.2 Å². The van der Waals surface area contributed by atoms with Gasteiger partial charge in [0.2, 0.25) is 0 Å². The molecule has 5 N–H and O–H groups in total. The summed E-state index contributed by atoms with van der Waals surface area (Å²) in [4.78, 5) is 11.4. The molecule has 0 saturated heterocycles. The van der Waals surface area contributed by atoms with Gasteiger partial charge < -0.3 is 20.9 Å². The number of phenolic OH excluding ortho intramolecular Hbond substituents is 1. The van der Waals surface area contributed by atoms with E-state index in [1.54, 1.807) is 12.1 Å². The number of amides is 1. The molecule has 0 saturated carbocycles. The van der Waals surface area contributed by atoms with Crippen molar-refractivity contribution in [1.29, 1.82) is 0 Å². The van der Waals surface area contributed by atoms with E-state index in [1.807, 2.05) is 6.92 Å². The van der Waals surface area contributed by atoms with E-state index < -0.39 is 0 Å². The van der Waals surface area contributed by atoms with Crippen LogP contribution in [0.1, 0.15) is 12.5 Å². The Labute approximate surface area is 117 Å². The predicted octanol–water partition coefficient (Wildman–Crippen LogP) is 0.0506. The Morgan fingerprint density at radius 3 is 3.10 bits per heavy atom. The van der Waals surface area contributed by atoms with Gasteiger partial charge in [-0.3, -0.25) is 4.79 Å². The van der Waals surface area contributed by atoms with E-state index in [0.29, 0.717) is 31.0 Å². The molecule has 20 heavy (non-hydrogen) atoms. The van der Waals surface area contributed by atoms with Gasteiger partial charge in [-0.2, -0.15) is 5.10 Å². The highest BCUT2D eigenvalue weighted by molar-refractivity contribution is 5.86. The number of nitrogen functional groups attached to an aromatic ring is 1. The van der Waals surface area contributed by atoms with E-state index in [2.05, 4.69) is 15.8 Å². The average molecular weight is 280 g/mol. The van der Waals surface area contributed by atoms with Crippen molar-refractivity contribution in [2.75, 3.05) is 32.0 Å². The molecule has 7 nitrogen and oxygen atoms in total. The third kappa shape index (κ3) is 6.17. The lowest BCUT2D eigenvalue weighted by atomic mass is 10.2. The molecule has 1 rings (SSSR count). The Morgan fingerprint density at radius 2 is 2.35 bits per heavy atom. The highest BCUT2D eigenvalue weighted by Gasteiger charge is 2.00. The van der Waals surface area contributed by atoms with Gasteiger partial charge in [0, 0.05) is 24.4 Å². The van der Waals surface area contributed by atoms with Crippen LogP contribution in [0, 0.1) is 0 Å². The van der Waals surface area contributed by atoms with Gasteiger partial charge in [-0.1, -0.05) is 0 Å². The molecule has 7 heteroatoms. The molecule has 110 valence electrons. The lowest BCUT2D eigenvalue weighted by Gasteiger charge is -2.04. The predicted molar refractivity (Wildman–Crippen MR) is 77.6 cm³/mol. The van der Waals surface area contributed by atoms with Crippen molar-refractivity contribution in [3.05, 3.63) is 23.8 Å². The summed E-state index contributed by atoms with van der Waals surface area (Å²) < 4.78 is 5.12. The first-order valence-corrected chi connectivity index (χ1v) is 6.32. The highest BCUT2D eigenvalue weighted by atomic mass is 16.5. The van der Waals surface area contributed by atoms with Gasteiger partial charge in [-0.05, 0) is 25.1 Å². The third-order valence-corrected chi connectivity index (χ3v) is 2.36. The van der Waals surface area contributed by atoms with Crippen LogP contribution in [0.3, 0.4) is 0 Å². The van der Waals surface area contributed by atoms with Crippen LogP contribution < -0.4 is 16.5 Å². The van der Waals surface area contributed by atoms with Crippen LogP contribution >= 0.6 is 0 Å². The van der Waals surface area contributed by atoms with Crippen molar-refractivity contribution in [2.24, 2.45) is 5.10 Å². The van der Waals surface area contributed by atoms with E-state index in [1.165, 1.54) is 12.3 Å². The van der Waals surface area contributed by atoms with Crippen molar-refractivity contribution < 1.29 is 14.6 Å². The second-order valence-electron chi connectivity index (χ2n) is 3.99. The number of nitrogens with zero attached hydrogens (tertiary/aromatic N) is 1. The van der Waals surface area contributed by atoms with Gasteiger partial charge in [0.05, 0.1) is 19.4 Å². The number of aromatic hydroxyl groups is 1. The van der Waals surface area contributed by atoms with Crippen molar-refractivity contribution in [3.63, 3.8) is 0 Å². The van der Waals surface area contributed by atoms with Crippen molar-refractivity contribution in [3.8, 4) is 5.75 Å². The smallest absolute Gasteiger partial charge is 0.254 e. The molecule has 0 aliphatic carbocycles. The summed E-state index contributed by atoms with van der Waals surface area (Å²) in [6.45, 7) is 3.87. The van der Waals surface area contributed by atoms with Gasteiger partial charge in [0.1, 0.15) is 5.75 Å². The van der Waals surface area contributed by atoms with Crippen LogP contribution in [-0.2, 0) is 9.53 Å². The van der Waals surface area contributed by atoms with Gasteiger partial charge in [0.15, 0.2) is 0 Å². The zero-order chi connectivity index (χ0) is 14.8. The van der Waals surface area contributed by atoms with Gasteiger partial charge in [-0.15, -0.1) is 0 Å². The van der Waals surface area contributed by atoms with Gasteiger partial charge in [0.25, 0.3) is 5.91 Å². The van der Waals surface area contributed by atoms with E-state index in [0.717, 1.165) is 0 Å². The van der Waals surface area contributed by atoms with Crippen LogP contribution in [0.2, 0.25) is 0 Å². The zero-order valence-electron chi connectivity index (χ0n) is 11.4. The maximum Gasteiger partial charge on any atom is 0.254 e. The molecule has 0 aromatic heterocycles. The first-order valence-electron chi connectivity index (χ1n) is 6.32. The van der Waals surface area contributed by atoms with Crippen molar-refractivity contribution >= 4 is 17.8 Å². The molecule has 0 heterocycles. The van der Waals surface area contributed by atoms with E-state index >= 15 is 0 Å². The number of nitrogens with one attached hydrogen (secondary N) is 2. The third-order valence-electron chi connectivity index (χ3n) is 2.36. The second-order valence-corrected chi connectivity index (χ2v) is 3.99. The van der Waals surface area contributed by atoms with Crippen molar-refractivity contribution in [2.45, 2.75) is 6.92 Å². The fraction of sp³-hybridized carbons (Fsp3) is 0.385. The lowest BCUT2D eigenvalue weighted by molar-refractivity contribution is -0.120.